The molecule has 3 N–H and O–H groups in total. The molecule has 0 atom stereocenters. The minimum absolute atomic E-state index is 0.000375. The second-order valence-corrected chi connectivity index (χ2v) is 6.68. The number of hydrogen-bond donors (Lipinski definition) is 2. The molecule has 1 aromatic heterocycles. The Kier molecular flexibility index (Phi) is 3.84. The number of H-pyrrole nitrogens is 1. The predicted octanol–water partition coefficient (Wildman–Crippen LogP) is 2.38. The van der Waals surface area contributed by atoms with Gasteiger partial charge in [0.2, 0.25) is 10.0 Å². The van der Waals surface area contributed by atoms with Gasteiger partial charge in [0.15, 0.2) is 10.6 Å². The molecule has 118 valence electrons. The van der Waals surface area contributed by atoms with Crippen LogP contribution in [0.2, 0.25) is 0 Å². The number of aromatic nitrogens is 3. The van der Waals surface area contributed by atoms with Crippen molar-refractivity contribution in [1.29, 1.82) is 0 Å². The highest BCUT2D eigenvalue weighted by Gasteiger charge is 2.12. The van der Waals surface area contributed by atoms with E-state index in [0.717, 1.165) is 0 Å². The lowest BCUT2D eigenvalue weighted by atomic mass is 10.2. The van der Waals surface area contributed by atoms with Crippen molar-refractivity contribution in [2.75, 3.05) is 0 Å². The van der Waals surface area contributed by atoms with E-state index in [9.17, 15) is 12.8 Å². The summed E-state index contributed by atoms with van der Waals surface area (Å²) in [5, 5.41) is 11.9. The first-order valence-electron chi connectivity index (χ1n) is 6.43. The maximum absolute atomic E-state index is 13.1. The maximum Gasteiger partial charge on any atom is 0.238 e. The summed E-state index contributed by atoms with van der Waals surface area (Å²) in [6, 6.07) is 11.7. The molecule has 0 saturated carbocycles. The zero-order chi connectivity index (χ0) is 16.6. The van der Waals surface area contributed by atoms with E-state index in [1.807, 2.05) is 0 Å². The molecule has 23 heavy (non-hydrogen) atoms. The molecule has 0 fully saturated rings. The summed E-state index contributed by atoms with van der Waals surface area (Å²) in [5.41, 5.74) is 1.27. The van der Waals surface area contributed by atoms with E-state index < -0.39 is 10.0 Å². The van der Waals surface area contributed by atoms with Gasteiger partial charge < -0.3 is 0 Å². The number of nitrogens with zero attached hydrogens (tertiary/aromatic N) is 2. The lowest BCUT2D eigenvalue weighted by molar-refractivity contribution is 0.598. The third-order valence-corrected chi connectivity index (χ3v) is 4.40. The van der Waals surface area contributed by atoms with Gasteiger partial charge >= 0.3 is 0 Å². The van der Waals surface area contributed by atoms with Gasteiger partial charge in [-0.1, -0.05) is 0 Å². The Hall–Kier alpha value is -2.36. The number of aromatic amines is 1. The molecule has 2 aromatic carbocycles. The van der Waals surface area contributed by atoms with Crippen LogP contribution in [0.4, 0.5) is 4.39 Å². The van der Waals surface area contributed by atoms with E-state index >= 15 is 0 Å². The average Bonchev–Trinajstić information content (AvgIpc) is 2.89. The molecule has 0 aliphatic heterocycles. The topological polar surface area (TPSA) is 93.8 Å². The summed E-state index contributed by atoms with van der Waals surface area (Å²) in [7, 11) is -3.77. The van der Waals surface area contributed by atoms with Crippen molar-refractivity contribution in [3.63, 3.8) is 0 Å². The minimum atomic E-state index is -3.77. The fraction of sp³-hybridized carbons (Fsp3) is 0. The molecule has 0 radical (unpaired) electrons. The molecule has 0 spiro atoms. The van der Waals surface area contributed by atoms with Crippen LogP contribution in [0, 0.1) is 10.6 Å². The smallest absolute Gasteiger partial charge is 0.238 e. The summed E-state index contributed by atoms with van der Waals surface area (Å²) in [4.78, 5) is -0.000375. The second-order valence-electron chi connectivity index (χ2n) is 4.73. The highest BCUT2D eigenvalue weighted by atomic mass is 32.2. The van der Waals surface area contributed by atoms with Gasteiger partial charge in [0.1, 0.15) is 5.82 Å². The molecule has 0 amide bonds. The summed E-state index contributed by atoms with van der Waals surface area (Å²) in [6.45, 7) is 0. The Balaban J connectivity index is 2.12. The molecular formula is C14H11FN4O2S2. The Bertz CT molecular complexity index is 1010. The van der Waals surface area contributed by atoms with Gasteiger partial charge in [0.05, 0.1) is 10.6 Å². The first-order valence-corrected chi connectivity index (χ1v) is 8.38. The van der Waals surface area contributed by atoms with Crippen molar-refractivity contribution in [1.82, 2.24) is 14.8 Å². The van der Waals surface area contributed by atoms with Crippen LogP contribution in [-0.2, 0) is 10.0 Å². The number of nitrogens with one attached hydrogen (secondary N) is 1. The molecule has 3 rings (SSSR count). The molecule has 0 bridgehead atoms. The molecule has 9 heteroatoms. The van der Waals surface area contributed by atoms with E-state index in [-0.39, 0.29) is 10.7 Å². The standard InChI is InChI=1S/C14H11FN4O2S2/c15-10-3-1-9(2-4-10)13-17-18-14(22)19(13)11-5-7-12(8-6-11)23(16,20)21/h1-8H,(H,18,22)(H2,16,20,21). The van der Waals surface area contributed by atoms with Crippen molar-refractivity contribution >= 4 is 22.2 Å². The van der Waals surface area contributed by atoms with Crippen LogP contribution in [-0.4, -0.2) is 23.2 Å². The monoisotopic (exact) mass is 350 g/mol. The summed E-state index contributed by atoms with van der Waals surface area (Å²) >= 11 is 5.21. The van der Waals surface area contributed by atoms with Gasteiger partial charge in [-0.15, -0.1) is 0 Å². The van der Waals surface area contributed by atoms with Gasteiger partial charge in [0, 0.05) is 5.56 Å². The molecule has 0 saturated heterocycles. The predicted molar refractivity (Wildman–Crippen MR) is 85.5 cm³/mol. The van der Waals surface area contributed by atoms with Gasteiger partial charge in [0.25, 0.3) is 0 Å². The van der Waals surface area contributed by atoms with Gasteiger partial charge in [-0.3, -0.25) is 9.67 Å². The van der Waals surface area contributed by atoms with Crippen LogP contribution >= 0.6 is 12.2 Å². The van der Waals surface area contributed by atoms with E-state index in [2.05, 4.69) is 10.2 Å². The normalized spacial score (nSPS) is 11.6. The van der Waals surface area contributed by atoms with Crippen molar-refractivity contribution < 1.29 is 12.8 Å². The van der Waals surface area contributed by atoms with Crippen LogP contribution in [0.15, 0.2) is 53.4 Å². The fourth-order valence-electron chi connectivity index (χ4n) is 2.11. The lowest BCUT2D eigenvalue weighted by Gasteiger charge is -2.07. The number of halogens is 1. The number of primary sulfonamides is 1. The Labute approximate surface area is 136 Å². The molecule has 6 nitrogen and oxygen atoms in total. The van der Waals surface area contributed by atoms with Crippen LogP contribution in [0.1, 0.15) is 0 Å². The average molecular weight is 350 g/mol. The second kappa shape index (κ2) is 5.69. The highest BCUT2D eigenvalue weighted by molar-refractivity contribution is 7.89. The number of benzene rings is 2. The molecule has 0 aliphatic carbocycles. The largest absolute Gasteiger partial charge is 0.268 e. The maximum atomic E-state index is 13.1. The van der Waals surface area contributed by atoms with Crippen LogP contribution in [0.3, 0.4) is 0 Å². The number of nitrogens with two attached hydrogens (primary N) is 1. The quantitative estimate of drug-likeness (QED) is 0.709. The Morgan fingerprint density at radius 1 is 1.09 bits per heavy atom. The van der Waals surface area contributed by atoms with Gasteiger partial charge in [-0.05, 0) is 60.7 Å². The third kappa shape index (κ3) is 3.07. The van der Waals surface area contributed by atoms with Crippen LogP contribution in [0.5, 0.6) is 0 Å². The van der Waals surface area contributed by atoms with E-state index in [4.69, 9.17) is 17.4 Å². The van der Waals surface area contributed by atoms with Crippen molar-refractivity contribution in [2.45, 2.75) is 4.90 Å². The molecule has 1 heterocycles. The van der Waals surface area contributed by atoms with Gasteiger partial charge in [-0.2, -0.15) is 5.10 Å². The van der Waals surface area contributed by atoms with E-state index in [1.54, 1.807) is 28.8 Å². The van der Waals surface area contributed by atoms with Crippen LogP contribution in [0.25, 0.3) is 17.1 Å². The Morgan fingerprint density at radius 2 is 1.70 bits per heavy atom. The zero-order valence-electron chi connectivity index (χ0n) is 11.6. The summed E-state index contributed by atoms with van der Waals surface area (Å²) in [5.74, 6) is 0.130. The minimum Gasteiger partial charge on any atom is -0.268 e. The molecule has 3 aromatic rings. The van der Waals surface area contributed by atoms with Crippen molar-refractivity contribution in [2.24, 2.45) is 5.14 Å². The number of hydrogen-bond acceptors (Lipinski definition) is 4. The SMILES string of the molecule is NS(=O)(=O)c1ccc(-n2c(-c3ccc(F)cc3)n[nH]c2=S)cc1. The molecular weight excluding hydrogens is 339 g/mol. The van der Waals surface area contributed by atoms with Gasteiger partial charge in [-0.25, -0.2) is 17.9 Å². The Morgan fingerprint density at radius 3 is 2.26 bits per heavy atom. The first kappa shape index (κ1) is 15.5. The van der Waals surface area contributed by atoms with Crippen molar-refractivity contribution in [3.8, 4) is 17.1 Å². The number of sulfonamides is 1. The summed E-state index contributed by atoms with van der Waals surface area (Å²) < 4.78 is 37.6. The highest BCUT2D eigenvalue weighted by Crippen LogP contribution is 2.22. The lowest BCUT2D eigenvalue weighted by Crippen LogP contribution is -2.12. The van der Waals surface area contributed by atoms with Crippen molar-refractivity contribution in [3.05, 3.63) is 59.1 Å². The van der Waals surface area contributed by atoms with E-state index in [1.165, 1.54) is 24.3 Å². The fourth-order valence-corrected chi connectivity index (χ4v) is 2.87. The van der Waals surface area contributed by atoms with E-state index in [0.29, 0.717) is 21.8 Å². The third-order valence-electron chi connectivity index (χ3n) is 3.20. The first-order chi connectivity index (χ1) is 10.9. The molecule has 0 unspecified atom stereocenters. The summed E-state index contributed by atoms with van der Waals surface area (Å²) in [6.07, 6.45) is 0. The number of rotatable bonds is 3. The molecule has 0 aliphatic rings. The van der Waals surface area contributed by atoms with Crippen LogP contribution < -0.4 is 5.14 Å². The zero-order valence-corrected chi connectivity index (χ0v) is 13.2.